The molecular formula is C19H17ClF3NO3. The van der Waals surface area contributed by atoms with E-state index in [1.54, 1.807) is 29.2 Å². The number of hydrogen-bond donors (Lipinski definition) is 0. The number of benzene rings is 2. The maximum Gasteiger partial charge on any atom is 0.416 e. The Morgan fingerprint density at radius 2 is 1.81 bits per heavy atom. The summed E-state index contributed by atoms with van der Waals surface area (Å²) in [5.41, 5.74) is -0.120. The summed E-state index contributed by atoms with van der Waals surface area (Å²) in [5, 5.41) is 0.571. The number of morpholine rings is 1. The van der Waals surface area contributed by atoms with Crippen LogP contribution in [-0.2, 0) is 15.7 Å². The third-order valence-corrected chi connectivity index (χ3v) is 4.46. The van der Waals surface area contributed by atoms with Crippen LogP contribution in [0.3, 0.4) is 0 Å². The molecule has 3 rings (SSSR count). The Morgan fingerprint density at radius 3 is 2.44 bits per heavy atom. The molecule has 1 fully saturated rings. The number of hydrogen-bond acceptors (Lipinski definition) is 3. The fourth-order valence-electron chi connectivity index (χ4n) is 2.73. The van der Waals surface area contributed by atoms with Gasteiger partial charge < -0.3 is 14.4 Å². The Kier molecular flexibility index (Phi) is 5.92. The molecule has 4 nitrogen and oxygen atoms in total. The second-order valence-corrected chi connectivity index (χ2v) is 6.50. The summed E-state index contributed by atoms with van der Waals surface area (Å²) < 4.78 is 49.1. The zero-order chi connectivity index (χ0) is 19.4. The van der Waals surface area contributed by atoms with Crippen molar-refractivity contribution in [3.05, 3.63) is 64.7 Å². The summed E-state index contributed by atoms with van der Waals surface area (Å²) in [6, 6.07) is 11.5. The summed E-state index contributed by atoms with van der Waals surface area (Å²) in [5.74, 6) is 0.311. The predicted molar refractivity (Wildman–Crippen MR) is 93.7 cm³/mol. The Bertz CT molecular complexity index is 778. The number of carbonyl (C=O) groups is 1. The first-order valence-corrected chi connectivity index (χ1v) is 8.65. The molecule has 0 aromatic heterocycles. The van der Waals surface area contributed by atoms with Gasteiger partial charge in [-0.3, -0.25) is 4.79 Å². The number of carbonyl (C=O) groups excluding carboxylic acids is 1. The van der Waals surface area contributed by atoms with E-state index in [2.05, 4.69) is 0 Å². The second-order valence-electron chi connectivity index (χ2n) is 6.06. The molecule has 2 aromatic rings. The van der Waals surface area contributed by atoms with Gasteiger partial charge in [-0.05, 0) is 42.0 Å². The summed E-state index contributed by atoms with van der Waals surface area (Å²) >= 11 is 5.80. The van der Waals surface area contributed by atoms with Gasteiger partial charge in [-0.2, -0.15) is 13.2 Å². The lowest BCUT2D eigenvalue weighted by Gasteiger charge is -2.33. The zero-order valence-corrected chi connectivity index (χ0v) is 15.0. The van der Waals surface area contributed by atoms with E-state index in [-0.39, 0.29) is 19.1 Å². The minimum absolute atomic E-state index is 0.138. The molecule has 0 aliphatic carbocycles. The molecule has 27 heavy (non-hydrogen) atoms. The molecular weight excluding hydrogens is 383 g/mol. The largest absolute Gasteiger partial charge is 0.484 e. The Morgan fingerprint density at radius 1 is 1.15 bits per heavy atom. The van der Waals surface area contributed by atoms with E-state index < -0.39 is 17.8 Å². The summed E-state index contributed by atoms with van der Waals surface area (Å²) in [6.07, 6.45) is -4.85. The van der Waals surface area contributed by atoms with Crippen LogP contribution in [0.4, 0.5) is 13.2 Å². The van der Waals surface area contributed by atoms with Crippen molar-refractivity contribution >= 4 is 17.5 Å². The quantitative estimate of drug-likeness (QED) is 0.767. The lowest BCUT2D eigenvalue weighted by Crippen LogP contribution is -2.44. The molecule has 1 saturated heterocycles. The number of alkyl halides is 3. The average molecular weight is 400 g/mol. The van der Waals surface area contributed by atoms with Crippen molar-refractivity contribution in [1.29, 1.82) is 0 Å². The minimum atomic E-state index is -4.38. The van der Waals surface area contributed by atoms with E-state index in [0.29, 0.717) is 29.5 Å². The molecule has 0 saturated carbocycles. The van der Waals surface area contributed by atoms with Crippen molar-refractivity contribution in [1.82, 2.24) is 4.90 Å². The van der Waals surface area contributed by atoms with E-state index in [1.165, 1.54) is 12.1 Å². The number of ether oxygens (including phenoxy) is 2. The molecule has 0 unspecified atom stereocenters. The SMILES string of the molecule is O=C(COc1ccc(Cl)cc1)N1CCO[C@H](c2ccc(C(F)(F)F)cc2)C1. The molecule has 0 N–H and O–H groups in total. The molecule has 1 aliphatic heterocycles. The standard InChI is InChI=1S/C19H17ClF3NO3/c20-15-5-7-16(8-6-15)27-12-18(25)24-9-10-26-17(11-24)13-1-3-14(4-2-13)19(21,22)23/h1-8,17H,9-12H2/t17-/m0/s1. The minimum Gasteiger partial charge on any atom is -0.484 e. The zero-order valence-electron chi connectivity index (χ0n) is 14.2. The fourth-order valence-corrected chi connectivity index (χ4v) is 2.86. The molecule has 1 atom stereocenters. The van der Waals surface area contributed by atoms with Gasteiger partial charge in [0.1, 0.15) is 11.9 Å². The molecule has 144 valence electrons. The van der Waals surface area contributed by atoms with Gasteiger partial charge in [0.2, 0.25) is 0 Å². The second kappa shape index (κ2) is 8.19. The van der Waals surface area contributed by atoms with Gasteiger partial charge in [0.05, 0.1) is 18.7 Å². The highest BCUT2D eigenvalue weighted by Crippen LogP contribution is 2.31. The first-order valence-electron chi connectivity index (χ1n) is 8.28. The van der Waals surface area contributed by atoms with E-state index in [4.69, 9.17) is 21.1 Å². The third-order valence-electron chi connectivity index (χ3n) is 4.20. The van der Waals surface area contributed by atoms with Crippen LogP contribution in [0.2, 0.25) is 5.02 Å². The van der Waals surface area contributed by atoms with Gasteiger partial charge in [-0.1, -0.05) is 23.7 Å². The van der Waals surface area contributed by atoms with Crippen molar-refractivity contribution < 1.29 is 27.4 Å². The third kappa shape index (κ3) is 5.14. The van der Waals surface area contributed by atoms with Crippen LogP contribution in [0.15, 0.2) is 48.5 Å². The molecule has 8 heteroatoms. The van der Waals surface area contributed by atoms with Crippen LogP contribution in [0.5, 0.6) is 5.75 Å². The van der Waals surface area contributed by atoms with Crippen LogP contribution < -0.4 is 4.74 Å². The Balaban J connectivity index is 1.58. The summed E-state index contributed by atoms with van der Waals surface area (Å²) in [6.45, 7) is 0.827. The van der Waals surface area contributed by atoms with E-state index in [1.807, 2.05) is 0 Å². The number of nitrogens with zero attached hydrogens (tertiary/aromatic N) is 1. The van der Waals surface area contributed by atoms with Crippen molar-refractivity contribution in [3.63, 3.8) is 0 Å². The fraction of sp³-hybridized carbons (Fsp3) is 0.316. The van der Waals surface area contributed by atoms with Gasteiger partial charge in [0, 0.05) is 11.6 Å². The molecule has 1 heterocycles. The van der Waals surface area contributed by atoms with E-state index in [9.17, 15) is 18.0 Å². The normalized spacial score (nSPS) is 17.6. The molecule has 2 aromatic carbocycles. The maximum absolute atomic E-state index is 12.7. The van der Waals surface area contributed by atoms with Crippen molar-refractivity contribution in [3.8, 4) is 5.75 Å². The predicted octanol–water partition coefficient (Wildman–Crippen LogP) is 4.34. The molecule has 0 radical (unpaired) electrons. The molecule has 0 bridgehead atoms. The lowest BCUT2D eigenvalue weighted by atomic mass is 10.1. The van der Waals surface area contributed by atoms with Crippen LogP contribution in [-0.4, -0.2) is 37.1 Å². The lowest BCUT2D eigenvalue weighted by molar-refractivity contribution is -0.141. The number of amides is 1. The van der Waals surface area contributed by atoms with Crippen molar-refractivity contribution in [2.24, 2.45) is 0 Å². The smallest absolute Gasteiger partial charge is 0.416 e. The van der Waals surface area contributed by atoms with Crippen molar-refractivity contribution in [2.75, 3.05) is 26.3 Å². The first kappa shape index (κ1) is 19.5. The van der Waals surface area contributed by atoms with Crippen molar-refractivity contribution in [2.45, 2.75) is 12.3 Å². The highest BCUT2D eigenvalue weighted by atomic mass is 35.5. The van der Waals surface area contributed by atoms with E-state index >= 15 is 0 Å². The highest BCUT2D eigenvalue weighted by Gasteiger charge is 2.31. The van der Waals surface area contributed by atoms with Crippen LogP contribution in [0.1, 0.15) is 17.2 Å². The Hall–Kier alpha value is -2.25. The van der Waals surface area contributed by atoms with Crippen LogP contribution in [0.25, 0.3) is 0 Å². The number of rotatable bonds is 4. The first-order chi connectivity index (χ1) is 12.8. The number of halogens is 4. The highest BCUT2D eigenvalue weighted by molar-refractivity contribution is 6.30. The van der Waals surface area contributed by atoms with Crippen LogP contribution in [0, 0.1) is 0 Å². The van der Waals surface area contributed by atoms with Crippen LogP contribution >= 0.6 is 11.6 Å². The Labute approximate surface area is 159 Å². The summed E-state index contributed by atoms with van der Waals surface area (Å²) in [4.78, 5) is 14.0. The van der Waals surface area contributed by atoms with E-state index in [0.717, 1.165) is 12.1 Å². The van der Waals surface area contributed by atoms with Gasteiger partial charge >= 0.3 is 6.18 Å². The van der Waals surface area contributed by atoms with Gasteiger partial charge in [-0.25, -0.2) is 0 Å². The monoisotopic (exact) mass is 399 g/mol. The molecule has 1 amide bonds. The van der Waals surface area contributed by atoms with Gasteiger partial charge in [0.25, 0.3) is 5.91 Å². The van der Waals surface area contributed by atoms with Gasteiger partial charge in [-0.15, -0.1) is 0 Å². The topological polar surface area (TPSA) is 38.8 Å². The van der Waals surface area contributed by atoms with Gasteiger partial charge in [0.15, 0.2) is 6.61 Å². The average Bonchev–Trinajstić information content (AvgIpc) is 2.67. The summed E-state index contributed by atoms with van der Waals surface area (Å²) in [7, 11) is 0. The molecule has 1 aliphatic rings. The maximum atomic E-state index is 12.7. The molecule has 0 spiro atoms.